The maximum Gasteiger partial charge on any atom is 0.400 e. The van der Waals surface area contributed by atoms with Crippen molar-refractivity contribution in [1.82, 2.24) is 20.3 Å². The summed E-state index contributed by atoms with van der Waals surface area (Å²) < 4.78 is 0. The van der Waals surface area contributed by atoms with Crippen LogP contribution in [0.15, 0.2) is 33.7 Å². The molecule has 0 unspecified atom stereocenters. The zero-order valence-electron chi connectivity index (χ0n) is 9.73. The lowest BCUT2D eigenvalue weighted by molar-refractivity contribution is 0.00239. The van der Waals surface area contributed by atoms with Crippen LogP contribution < -0.4 is 0 Å². The number of allylic oxidation sites excluding steroid dienone is 2. The number of hydrogen-bond acceptors (Lipinski definition) is 5. The van der Waals surface area contributed by atoms with Gasteiger partial charge in [0.15, 0.2) is 0 Å². The molecule has 4 aliphatic heterocycles. The Bertz CT molecular complexity index is 488. The normalized spacial score (nSPS) is 23.8. The van der Waals surface area contributed by atoms with E-state index in [-0.39, 0.29) is 6.03 Å². The van der Waals surface area contributed by atoms with Gasteiger partial charge < -0.3 is 0 Å². The Balaban J connectivity index is 1.58. The predicted molar refractivity (Wildman–Crippen MR) is 64.9 cm³/mol. The highest BCUT2D eigenvalue weighted by Gasteiger charge is 2.38. The molecule has 0 aromatic rings. The molecule has 4 heterocycles. The molecule has 4 rings (SSSR count). The van der Waals surface area contributed by atoms with E-state index >= 15 is 0 Å². The fourth-order valence-electron chi connectivity index (χ4n) is 2.52. The molecule has 0 aromatic carbocycles. The van der Waals surface area contributed by atoms with Gasteiger partial charge in [-0.3, -0.25) is 10.0 Å². The number of carbonyl (C=O) groups excluding carboxylic acids is 1. The summed E-state index contributed by atoms with van der Waals surface area (Å²) in [5.74, 6) is 0. The van der Waals surface area contributed by atoms with Crippen LogP contribution in [0, 0.1) is 0 Å². The molecule has 0 fully saturated rings. The molecular weight excluding hydrogens is 232 g/mol. The summed E-state index contributed by atoms with van der Waals surface area (Å²) in [6.45, 7) is 1.59. The van der Waals surface area contributed by atoms with Crippen molar-refractivity contribution in [3.05, 3.63) is 23.5 Å². The minimum atomic E-state index is -0.238. The first-order chi connectivity index (χ1) is 8.84. The van der Waals surface area contributed by atoms with Gasteiger partial charge in [0.1, 0.15) is 0 Å². The molecule has 0 saturated heterocycles. The number of hydrazine groups is 2. The molecule has 0 aromatic heterocycles. The molecule has 2 amide bonds. The fraction of sp³-hybridized carbons (Fsp3) is 0.364. The van der Waals surface area contributed by atoms with E-state index in [1.54, 1.807) is 12.4 Å². The molecule has 0 bridgehead atoms. The zero-order valence-corrected chi connectivity index (χ0v) is 9.73. The molecule has 0 spiro atoms. The number of nitrogens with zero attached hydrogens (tertiary/aromatic N) is 6. The van der Waals surface area contributed by atoms with E-state index in [4.69, 9.17) is 0 Å². The molecule has 0 N–H and O–H groups in total. The maximum atomic E-state index is 12.4. The topological polar surface area (TPSA) is 54.8 Å². The van der Waals surface area contributed by atoms with Crippen LogP contribution in [0.4, 0.5) is 4.79 Å². The van der Waals surface area contributed by atoms with E-state index in [9.17, 15) is 4.79 Å². The first-order valence-electron chi connectivity index (χ1n) is 6.02. The Morgan fingerprint density at radius 1 is 0.944 bits per heavy atom. The fourth-order valence-corrected chi connectivity index (χ4v) is 2.52. The Kier molecular flexibility index (Phi) is 1.80. The molecule has 7 heteroatoms. The van der Waals surface area contributed by atoms with Gasteiger partial charge in [-0.1, -0.05) is 12.2 Å². The van der Waals surface area contributed by atoms with Crippen molar-refractivity contribution in [1.29, 1.82) is 0 Å². The minimum absolute atomic E-state index is 0.238. The molecule has 7 nitrogen and oxygen atoms in total. The van der Waals surface area contributed by atoms with Crippen LogP contribution in [0.1, 0.15) is 12.8 Å². The molecule has 0 atom stereocenters. The van der Waals surface area contributed by atoms with Crippen molar-refractivity contribution in [2.24, 2.45) is 10.2 Å². The van der Waals surface area contributed by atoms with Crippen LogP contribution >= 0.6 is 0 Å². The highest BCUT2D eigenvalue weighted by Crippen LogP contribution is 2.27. The van der Waals surface area contributed by atoms with Crippen molar-refractivity contribution < 1.29 is 4.79 Å². The van der Waals surface area contributed by atoms with Crippen LogP contribution in [0.2, 0.25) is 0 Å². The third kappa shape index (κ3) is 1.15. The lowest BCUT2D eigenvalue weighted by atomic mass is 10.4. The number of urea groups is 1. The van der Waals surface area contributed by atoms with Crippen LogP contribution in [-0.4, -0.2) is 51.8 Å². The second-order valence-electron chi connectivity index (χ2n) is 4.43. The number of rotatable bonds is 0. The van der Waals surface area contributed by atoms with E-state index < -0.39 is 0 Å². The molecule has 18 heavy (non-hydrogen) atoms. The zero-order chi connectivity index (χ0) is 12.1. The van der Waals surface area contributed by atoms with Crippen molar-refractivity contribution in [2.75, 3.05) is 13.1 Å². The standard InChI is InChI=1S/C11H12N6O/c18-11(16-12-7-9-3-1-5-14(9)16)17-13-8-10-4-2-6-15(10)17/h3-4,7-8H,1-2,5-6H2. The quantitative estimate of drug-likeness (QED) is 0.631. The van der Waals surface area contributed by atoms with E-state index in [2.05, 4.69) is 22.4 Å². The molecular formula is C11H12N6O. The van der Waals surface area contributed by atoms with Crippen molar-refractivity contribution in [3.63, 3.8) is 0 Å². The van der Waals surface area contributed by atoms with Crippen molar-refractivity contribution in [3.8, 4) is 0 Å². The van der Waals surface area contributed by atoms with Gasteiger partial charge in [0, 0.05) is 13.1 Å². The minimum Gasteiger partial charge on any atom is -0.259 e. The second kappa shape index (κ2) is 3.34. The molecule has 0 saturated carbocycles. The summed E-state index contributed by atoms with van der Waals surface area (Å²) in [5, 5.41) is 14.8. The van der Waals surface area contributed by atoms with Gasteiger partial charge in [-0.05, 0) is 12.8 Å². The molecule has 0 radical (unpaired) electrons. The van der Waals surface area contributed by atoms with E-state index in [1.165, 1.54) is 10.2 Å². The van der Waals surface area contributed by atoms with E-state index in [1.807, 2.05) is 10.0 Å². The van der Waals surface area contributed by atoms with Gasteiger partial charge in [0.25, 0.3) is 0 Å². The Morgan fingerprint density at radius 3 is 1.94 bits per heavy atom. The number of hydrogen-bond donors (Lipinski definition) is 0. The number of fused-ring (bicyclic) bond motifs is 2. The SMILES string of the molecule is O=C(N1N=CC2=CCCN21)N1N=CC2=CCCN21. The summed E-state index contributed by atoms with van der Waals surface area (Å²) in [5.41, 5.74) is 1.98. The number of amides is 2. The first kappa shape index (κ1) is 9.69. The Hall–Kier alpha value is -2.31. The first-order valence-corrected chi connectivity index (χ1v) is 6.02. The lowest BCUT2D eigenvalue weighted by Crippen LogP contribution is -2.48. The Morgan fingerprint density at radius 2 is 1.44 bits per heavy atom. The van der Waals surface area contributed by atoms with Gasteiger partial charge >= 0.3 is 6.03 Å². The maximum absolute atomic E-state index is 12.4. The highest BCUT2D eigenvalue weighted by atomic mass is 16.2. The number of carbonyl (C=O) groups is 1. The van der Waals surface area contributed by atoms with Gasteiger partial charge in [-0.15, -0.1) is 10.2 Å². The summed E-state index contributed by atoms with van der Waals surface area (Å²) in [7, 11) is 0. The van der Waals surface area contributed by atoms with Gasteiger partial charge in [0.05, 0.1) is 23.8 Å². The average molecular weight is 244 g/mol. The van der Waals surface area contributed by atoms with Crippen LogP contribution in [-0.2, 0) is 0 Å². The van der Waals surface area contributed by atoms with Crippen LogP contribution in [0.25, 0.3) is 0 Å². The number of hydrazone groups is 2. The van der Waals surface area contributed by atoms with Gasteiger partial charge in [-0.25, -0.2) is 4.79 Å². The molecule has 4 aliphatic rings. The summed E-state index contributed by atoms with van der Waals surface area (Å²) in [6.07, 6.45) is 9.47. The predicted octanol–water partition coefficient (Wildman–Crippen LogP) is 0.718. The third-order valence-electron chi connectivity index (χ3n) is 3.38. The average Bonchev–Trinajstić information content (AvgIpc) is 3.08. The molecule has 92 valence electrons. The van der Waals surface area contributed by atoms with Crippen LogP contribution in [0.5, 0.6) is 0 Å². The van der Waals surface area contributed by atoms with E-state index in [0.29, 0.717) is 0 Å². The summed E-state index contributed by atoms with van der Waals surface area (Å²) >= 11 is 0. The highest BCUT2D eigenvalue weighted by molar-refractivity contribution is 5.87. The van der Waals surface area contributed by atoms with E-state index in [0.717, 1.165) is 37.3 Å². The van der Waals surface area contributed by atoms with Crippen LogP contribution in [0.3, 0.4) is 0 Å². The van der Waals surface area contributed by atoms with Crippen molar-refractivity contribution in [2.45, 2.75) is 12.8 Å². The lowest BCUT2D eigenvalue weighted by Gasteiger charge is -2.30. The van der Waals surface area contributed by atoms with Gasteiger partial charge in [-0.2, -0.15) is 10.2 Å². The van der Waals surface area contributed by atoms with Gasteiger partial charge in [0.2, 0.25) is 0 Å². The van der Waals surface area contributed by atoms with Crippen molar-refractivity contribution >= 4 is 18.5 Å². The largest absolute Gasteiger partial charge is 0.400 e. The molecule has 0 aliphatic carbocycles. The monoisotopic (exact) mass is 244 g/mol. The smallest absolute Gasteiger partial charge is 0.259 e. The third-order valence-corrected chi connectivity index (χ3v) is 3.38. The second-order valence-corrected chi connectivity index (χ2v) is 4.43. The summed E-state index contributed by atoms with van der Waals surface area (Å²) in [4.78, 5) is 12.4. The Labute approximate surface area is 104 Å². The summed E-state index contributed by atoms with van der Waals surface area (Å²) in [6, 6.07) is -0.238.